The number of benzene rings is 1. The van der Waals surface area contributed by atoms with E-state index < -0.39 is 0 Å². The molecular formula is C7H12N2O. The van der Waals surface area contributed by atoms with Gasteiger partial charge in [0.05, 0.1) is 6.61 Å². The Labute approximate surface area is 60.3 Å². The standard InChI is InChI=1S/C7H9NO.H3N/c8-9-6-7-4-2-1-3-5-7;/h1-5H,6,8H2;1H3. The predicted molar refractivity (Wildman–Crippen MR) is 40.4 cm³/mol. The van der Waals surface area contributed by atoms with Gasteiger partial charge in [0, 0.05) is 0 Å². The zero-order chi connectivity index (χ0) is 6.53. The van der Waals surface area contributed by atoms with Crippen molar-refractivity contribution in [2.75, 3.05) is 0 Å². The summed E-state index contributed by atoms with van der Waals surface area (Å²) >= 11 is 0. The van der Waals surface area contributed by atoms with Crippen molar-refractivity contribution in [2.45, 2.75) is 6.61 Å². The Morgan fingerprint density at radius 3 is 2.30 bits per heavy atom. The van der Waals surface area contributed by atoms with E-state index in [2.05, 4.69) is 4.84 Å². The zero-order valence-electron chi connectivity index (χ0n) is 5.79. The van der Waals surface area contributed by atoms with Crippen molar-refractivity contribution in [3.8, 4) is 0 Å². The maximum Gasteiger partial charge on any atom is 0.0930 e. The molecule has 10 heavy (non-hydrogen) atoms. The first-order chi connectivity index (χ1) is 4.43. The summed E-state index contributed by atoms with van der Waals surface area (Å²) in [6.07, 6.45) is 0. The Morgan fingerprint density at radius 2 is 1.80 bits per heavy atom. The van der Waals surface area contributed by atoms with Crippen LogP contribution >= 0.6 is 0 Å². The molecule has 0 aliphatic carbocycles. The Hall–Kier alpha value is -0.900. The van der Waals surface area contributed by atoms with Crippen molar-refractivity contribution in [1.82, 2.24) is 6.15 Å². The minimum atomic E-state index is 0. The quantitative estimate of drug-likeness (QED) is 0.607. The highest BCUT2D eigenvalue weighted by Gasteiger charge is 1.85. The molecule has 3 nitrogen and oxygen atoms in total. The van der Waals surface area contributed by atoms with Crippen LogP contribution in [-0.2, 0) is 11.4 Å². The van der Waals surface area contributed by atoms with Crippen LogP contribution in [0.5, 0.6) is 0 Å². The largest absolute Gasteiger partial charge is 0.344 e. The van der Waals surface area contributed by atoms with Gasteiger partial charge in [-0.1, -0.05) is 30.3 Å². The molecule has 0 unspecified atom stereocenters. The molecule has 0 spiro atoms. The van der Waals surface area contributed by atoms with Gasteiger partial charge in [-0.15, -0.1) is 0 Å². The van der Waals surface area contributed by atoms with Crippen LogP contribution in [0.1, 0.15) is 5.56 Å². The molecule has 0 atom stereocenters. The normalized spacial score (nSPS) is 8.50. The second-order valence-electron chi connectivity index (χ2n) is 1.80. The molecule has 0 aromatic heterocycles. The molecule has 56 valence electrons. The van der Waals surface area contributed by atoms with Gasteiger partial charge in [0.25, 0.3) is 0 Å². The van der Waals surface area contributed by atoms with Gasteiger partial charge >= 0.3 is 0 Å². The van der Waals surface area contributed by atoms with Gasteiger partial charge in [-0.2, -0.15) is 0 Å². The molecule has 0 amide bonds. The minimum absolute atomic E-state index is 0. The average Bonchev–Trinajstić information content (AvgIpc) is 1.91. The molecule has 0 aliphatic rings. The van der Waals surface area contributed by atoms with Gasteiger partial charge in [0.2, 0.25) is 0 Å². The van der Waals surface area contributed by atoms with Crippen LogP contribution in [0.3, 0.4) is 0 Å². The highest BCUT2D eigenvalue weighted by Crippen LogP contribution is 1.97. The van der Waals surface area contributed by atoms with Crippen molar-refractivity contribution in [3.05, 3.63) is 35.9 Å². The average molecular weight is 140 g/mol. The minimum Gasteiger partial charge on any atom is -0.344 e. The molecule has 1 aromatic rings. The van der Waals surface area contributed by atoms with Crippen molar-refractivity contribution in [1.29, 1.82) is 0 Å². The van der Waals surface area contributed by atoms with E-state index in [1.54, 1.807) is 0 Å². The maximum absolute atomic E-state index is 4.86. The van der Waals surface area contributed by atoms with Crippen LogP contribution in [0.2, 0.25) is 0 Å². The molecule has 0 saturated heterocycles. The molecule has 5 N–H and O–H groups in total. The number of hydrogen-bond donors (Lipinski definition) is 2. The third-order valence-electron chi connectivity index (χ3n) is 1.09. The summed E-state index contributed by atoms with van der Waals surface area (Å²) in [5.41, 5.74) is 1.10. The molecule has 0 aliphatic heterocycles. The highest BCUT2D eigenvalue weighted by molar-refractivity contribution is 5.13. The summed E-state index contributed by atoms with van der Waals surface area (Å²) in [7, 11) is 0. The molecule has 0 saturated carbocycles. The third kappa shape index (κ3) is 2.59. The Bertz CT molecular complexity index is 165. The van der Waals surface area contributed by atoms with Crippen LogP contribution in [-0.4, -0.2) is 0 Å². The van der Waals surface area contributed by atoms with E-state index in [4.69, 9.17) is 5.90 Å². The lowest BCUT2D eigenvalue weighted by atomic mass is 10.2. The summed E-state index contributed by atoms with van der Waals surface area (Å²) in [6, 6.07) is 9.79. The number of hydrogen-bond acceptors (Lipinski definition) is 3. The highest BCUT2D eigenvalue weighted by atomic mass is 16.6. The third-order valence-corrected chi connectivity index (χ3v) is 1.09. The van der Waals surface area contributed by atoms with Gasteiger partial charge in [-0.25, -0.2) is 5.90 Å². The van der Waals surface area contributed by atoms with Crippen molar-refractivity contribution in [2.24, 2.45) is 5.90 Å². The summed E-state index contributed by atoms with van der Waals surface area (Å²) in [4.78, 5) is 4.43. The summed E-state index contributed by atoms with van der Waals surface area (Å²) < 4.78 is 0. The van der Waals surface area contributed by atoms with E-state index in [0.717, 1.165) is 5.56 Å². The molecule has 0 bridgehead atoms. The number of nitrogens with two attached hydrogens (primary N) is 1. The fourth-order valence-electron chi connectivity index (χ4n) is 0.670. The first-order valence-corrected chi connectivity index (χ1v) is 2.79. The smallest absolute Gasteiger partial charge is 0.0930 e. The molecule has 1 rings (SSSR count). The van der Waals surface area contributed by atoms with Crippen LogP contribution in [0.25, 0.3) is 0 Å². The summed E-state index contributed by atoms with van der Waals surface area (Å²) in [6.45, 7) is 0.487. The summed E-state index contributed by atoms with van der Waals surface area (Å²) in [5.74, 6) is 4.86. The van der Waals surface area contributed by atoms with Gasteiger partial charge in [0.15, 0.2) is 0 Å². The topological polar surface area (TPSA) is 70.2 Å². The fraction of sp³-hybridized carbons (Fsp3) is 0.143. The van der Waals surface area contributed by atoms with Gasteiger partial charge in [0.1, 0.15) is 0 Å². The fourth-order valence-corrected chi connectivity index (χ4v) is 0.670. The lowest BCUT2D eigenvalue weighted by Crippen LogP contribution is -1.97. The van der Waals surface area contributed by atoms with Gasteiger partial charge < -0.3 is 6.15 Å². The second-order valence-corrected chi connectivity index (χ2v) is 1.80. The monoisotopic (exact) mass is 140 g/mol. The molecular weight excluding hydrogens is 128 g/mol. The van der Waals surface area contributed by atoms with Crippen LogP contribution in [0, 0.1) is 0 Å². The van der Waals surface area contributed by atoms with Crippen LogP contribution in [0.15, 0.2) is 30.3 Å². The van der Waals surface area contributed by atoms with Crippen LogP contribution in [0.4, 0.5) is 0 Å². The predicted octanol–water partition coefficient (Wildman–Crippen LogP) is 1.24. The molecule has 0 fully saturated rings. The number of rotatable bonds is 2. The Morgan fingerprint density at radius 1 is 1.20 bits per heavy atom. The van der Waals surface area contributed by atoms with E-state index in [9.17, 15) is 0 Å². The molecule has 0 radical (unpaired) electrons. The maximum atomic E-state index is 4.86. The lowest BCUT2D eigenvalue weighted by Gasteiger charge is -1.94. The van der Waals surface area contributed by atoms with Crippen molar-refractivity contribution in [3.63, 3.8) is 0 Å². The van der Waals surface area contributed by atoms with Crippen LogP contribution < -0.4 is 12.0 Å². The van der Waals surface area contributed by atoms with Crippen molar-refractivity contribution >= 4 is 0 Å². The SMILES string of the molecule is N.NOCc1ccccc1. The first kappa shape index (κ1) is 9.10. The zero-order valence-corrected chi connectivity index (χ0v) is 5.79. The first-order valence-electron chi connectivity index (χ1n) is 2.79. The lowest BCUT2D eigenvalue weighted by molar-refractivity contribution is 0.124. The van der Waals surface area contributed by atoms with E-state index in [0.29, 0.717) is 6.61 Å². The summed E-state index contributed by atoms with van der Waals surface area (Å²) in [5, 5.41) is 0. The van der Waals surface area contributed by atoms with Gasteiger partial charge in [-0.3, -0.25) is 4.84 Å². The van der Waals surface area contributed by atoms with Gasteiger partial charge in [-0.05, 0) is 5.56 Å². The molecule has 0 heterocycles. The van der Waals surface area contributed by atoms with E-state index in [1.807, 2.05) is 30.3 Å². The van der Waals surface area contributed by atoms with E-state index in [-0.39, 0.29) is 6.15 Å². The second kappa shape index (κ2) is 4.93. The van der Waals surface area contributed by atoms with E-state index >= 15 is 0 Å². The van der Waals surface area contributed by atoms with E-state index in [1.165, 1.54) is 0 Å². The van der Waals surface area contributed by atoms with Crippen molar-refractivity contribution < 1.29 is 4.84 Å². The molecule has 3 heteroatoms. The Kier molecular flexibility index (Phi) is 4.49. The Balaban J connectivity index is 0.000000810. The molecule has 1 aromatic carbocycles.